The first-order valence-corrected chi connectivity index (χ1v) is 10.7. The van der Waals surface area contributed by atoms with Crippen LogP contribution in [0, 0.1) is 5.82 Å². The summed E-state index contributed by atoms with van der Waals surface area (Å²) in [6, 6.07) is 12.0. The van der Waals surface area contributed by atoms with Crippen LogP contribution < -0.4 is 0 Å². The van der Waals surface area contributed by atoms with Crippen LogP contribution in [-0.2, 0) is 13.1 Å². The molecule has 0 amide bonds. The number of rotatable bonds is 7. The summed E-state index contributed by atoms with van der Waals surface area (Å²) in [6.07, 6.45) is -1.34. The lowest BCUT2D eigenvalue weighted by atomic mass is 10.1. The van der Waals surface area contributed by atoms with Gasteiger partial charge in [0, 0.05) is 36.3 Å². The molecule has 0 spiro atoms. The maximum atomic E-state index is 14.6. The highest BCUT2D eigenvalue weighted by Gasteiger charge is 2.21. The molecule has 176 valence electrons. The molecule has 0 N–H and O–H groups in total. The molecule has 7 nitrogen and oxygen atoms in total. The van der Waals surface area contributed by atoms with Crippen molar-refractivity contribution in [1.82, 2.24) is 30.1 Å². The van der Waals surface area contributed by atoms with E-state index in [1.54, 1.807) is 6.20 Å². The minimum atomic E-state index is -2.89. The summed E-state index contributed by atoms with van der Waals surface area (Å²) in [6.45, 7) is 2.07. The zero-order valence-electron chi connectivity index (χ0n) is 17.9. The summed E-state index contributed by atoms with van der Waals surface area (Å²) < 4.78 is 59.6. The quantitative estimate of drug-likeness (QED) is 0.364. The monoisotopic (exact) mass is 472 g/mol. The third kappa shape index (κ3) is 4.84. The maximum Gasteiger partial charge on any atom is 0.314 e. The van der Waals surface area contributed by atoms with Crippen molar-refractivity contribution in [2.24, 2.45) is 0 Å². The molecule has 2 aromatic heterocycles. The van der Waals surface area contributed by atoms with Gasteiger partial charge in [0.15, 0.2) is 0 Å². The second-order valence-electron chi connectivity index (χ2n) is 8.17. The summed E-state index contributed by atoms with van der Waals surface area (Å²) in [5.41, 5.74) is 3.13. The molecule has 0 aliphatic carbocycles. The highest BCUT2D eigenvalue weighted by atomic mass is 19.3. The SMILES string of the molecule is Fc1cc(-c2nnc(C(F)F)o2)ccc1Cn1cc(-c2ccc(CN3CCC(F)C3)cc2)nn1. The first kappa shape index (κ1) is 22.2. The predicted octanol–water partition coefficient (Wildman–Crippen LogP) is 4.66. The summed E-state index contributed by atoms with van der Waals surface area (Å²) in [7, 11) is 0. The lowest BCUT2D eigenvalue weighted by molar-refractivity contribution is 0.116. The van der Waals surface area contributed by atoms with E-state index in [0.29, 0.717) is 30.8 Å². The number of nitrogens with zero attached hydrogens (tertiary/aromatic N) is 6. The maximum absolute atomic E-state index is 14.6. The van der Waals surface area contributed by atoms with E-state index in [4.69, 9.17) is 4.42 Å². The van der Waals surface area contributed by atoms with E-state index in [0.717, 1.165) is 23.7 Å². The largest absolute Gasteiger partial charge is 0.415 e. The Balaban J connectivity index is 1.25. The minimum Gasteiger partial charge on any atom is -0.415 e. The van der Waals surface area contributed by atoms with Gasteiger partial charge in [-0.05, 0) is 24.1 Å². The molecule has 3 heterocycles. The number of aromatic nitrogens is 5. The summed E-state index contributed by atoms with van der Waals surface area (Å²) in [4.78, 5) is 2.09. The fourth-order valence-corrected chi connectivity index (χ4v) is 3.90. The van der Waals surface area contributed by atoms with Gasteiger partial charge in [-0.25, -0.2) is 13.5 Å². The molecule has 1 saturated heterocycles. The van der Waals surface area contributed by atoms with Crippen LogP contribution in [0.3, 0.4) is 0 Å². The minimum absolute atomic E-state index is 0.128. The fraction of sp³-hybridized carbons (Fsp3) is 0.304. The average Bonchev–Trinajstić information content (AvgIpc) is 3.57. The van der Waals surface area contributed by atoms with Gasteiger partial charge in [-0.3, -0.25) is 4.90 Å². The molecular formula is C23H20F4N6O. The van der Waals surface area contributed by atoms with E-state index in [1.165, 1.54) is 16.8 Å². The zero-order chi connectivity index (χ0) is 23.7. The van der Waals surface area contributed by atoms with Crippen LogP contribution in [0.5, 0.6) is 0 Å². The van der Waals surface area contributed by atoms with Crippen molar-refractivity contribution in [2.45, 2.75) is 32.1 Å². The molecule has 1 aliphatic heterocycles. The van der Waals surface area contributed by atoms with Gasteiger partial charge < -0.3 is 4.42 Å². The lowest BCUT2D eigenvalue weighted by Crippen LogP contribution is -2.20. The van der Waals surface area contributed by atoms with Crippen molar-refractivity contribution < 1.29 is 22.0 Å². The topological polar surface area (TPSA) is 72.9 Å². The van der Waals surface area contributed by atoms with Gasteiger partial charge in [-0.1, -0.05) is 35.5 Å². The Morgan fingerprint density at radius 3 is 2.47 bits per heavy atom. The average molecular weight is 472 g/mol. The van der Waals surface area contributed by atoms with E-state index in [-0.39, 0.29) is 18.0 Å². The molecule has 5 rings (SSSR count). The van der Waals surface area contributed by atoms with Gasteiger partial charge in [0.1, 0.15) is 17.7 Å². The summed E-state index contributed by atoms with van der Waals surface area (Å²) >= 11 is 0. The second-order valence-corrected chi connectivity index (χ2v) is 8.17. The third-order valence-electron chi connectivity index (χ3n) is 5.67. The van der Waals surface area contributed by atoms with Gasteiger partial charge in [0.2, 0.25) is 5.89 Å². The van der Waals surface area contributed by atoms with Crippen LogP contribution in [0.1, 0.15) is 29.9 Å². The smallest absolute Gasteiger partial charge is 0.314 e. The van der Waals surface area contributed by atoms with Crippen LogP contribution in [0.15, 0.2) is 53.1 Å². The Morgan fingerprint density at radius 2 is 1.79 bits per heavy atom. The second kappa shape index (κ2) is 9.34. The molecule has 0 saturated carbocycles. The molecule has 2 aromatic carbocycles. The van der Waals surface area contributed by atoms with Gasteiger partial charge >= 0.3 is 6.43 Å². The van der Waals surface area contributed by atoms with E-state index < -0.39 is 24.3 Å². The molecule has 1 aliphatic rings. The van der Waals surface area contributed by atoms with Crippen molar-refractivity contribution >= 4 is 0 Å². The first-order valence-electron chi connectivity index (χ1n) is 10.7. The van der Waals surface area contributed by atoms with Crippen molar-refractivity contribution in [3.8, 4) is 22.7 Å². The van der Waals surface area contributed by atoms with E-state index in [2.05, 4.69) is 25.4 Å². The number of likely N-dealkylation sites (tertiary alicyclic amines) is 1. The lowest BCUT2D eigenvalue weighted by Gasteiger charge is -2.14. The molecule has 1 atom stereocenters. The normalized spacial score (nSPS) is 16.6. The highest BCUT2D eigenvalue weighted by Crippen LogP contribution is 2.25. The number of hydrogen-bond acceptors (Lipinski definition) is 6. The van der Waals surface area contributed by atoms with E-state index >= 15 is 0 Å². The molecule has 11 heteroatoms. The van der Waals surface area contributed by atoms with Crippen molar-refractivity contribution in [3.05, 3.63) is 71.5 Å². The van der Waals surface area contributed by atoms with Crippen LogP contribution in [0.2, 0.25) is 0 Å². The highest BCUT2D eigenvalue weighted by molar-refractivity contribution is 5.58. The Labute approximate surface area is 192 Å². The number of benzene rings is 2. The first-order chi connectivity index (χ1) is 16.4. The van der Waals surface area contributed by atoms with Crippen molar-refractivity contribution in [1.29, 1.82) is 0 Å². The van der Waals surface area contributed by atoms with E-state index in [1.807, 2.05) is 24.3 Å². The third-order valence-corrected chi connectivity index (χ3v) is 5.67. The Hall–Kier alpha value is -3.60. The summed E-state index contributed by atoms with van der Waals surface area (Å²) in [5.74, 6) is -1.55. The molecule has 0 bridgehead atoms. The molecular weight excluding hydrogens is 452 g/mol. The van der Waals surface area contributed by atoms with Crippen molar-refractivity contribution in [2.75, 3.05) is 13.1 Å². The van der Waals surface area contributed by atoms with Crippen LogP contribution >= 0.6 is 0 Å². The zero-order valence-corrected chi connectivity index (χ0v) is 17.9. The van der Waals surface area contributed by atoms with Crippen molar-refractivity contribution in [3.63, 3.8) is 0 Å². The number of alkyl halides is 3. The van der Waals surface area contributed by atoms with Gasteiger partial charge in [0.25, 0.3) is 5.89 Å². The van der Waals surface area contributed by atoms with Crippen LogP contribution in [-0.4, -0.2) is 49.4 Å². The Kier molecular flexibility index (Phi) is 6.10. The molecule has 0 radical (unpaired) electrons. The van der Waals surface area contributed by atoms with Crippen LogP contribution in [0.4, 0.5) is 17.6 Å². The molecule has 1 unspecified atom stereocenters. The number of hydrogen-bond donors (Lipinski definition) is 0. The number of halogens is 4. The van der Waals surface area contributed by atoms with Gasteiger partial charge in [-0.2, -0.15) is 8.78 Å². The fourth-order valence-electron chi connectivity index (χ4n) is 3.90. The van der Waals surface area contributed by atoms with Gasteiger partial charge in [0.05, 0.1) is 12.7 Å². The van der Waals surface area contributed by atoms with E-state index in [9.17, 15) is 17.6 Å². The predicted molar refractivity (Wildman–Crippen MR) is 114 cm³/mol. The summed E-state index contributed by atoms with van der Waals surface area (Å²) in [5, 5.41) is 15.0. The Bertz CT molecular complexity index is 1270. The standard InChI is InChI=1S/C23H20F4N6O/c24-18-7-8-32(12-18)10-14-1-3-15(4-2-14)20-13-33(31-28-20)11-17-6-5-16(9-19(17)25)22-29-30-23(34-22)21(26)27/h1-6,9,13,18,21H,7-8,10-12H2. The van der Waals surface area contributed by atoms with Crippen LogP contribution in [0.25, 0.3) is 22.7 Å². The molecule has 1 fully saturated rings. The Morgan fingerprint density at radius 1 is 1.00 bits per heavy atom. The van der Waals surface area contributed by atoms with Gasteiger partial charge in [-0.15, -0.1) is 15.3 Å². The molecule has 34 heavy (non-hydrogen) atoms. The molecule has 4 aromatic rings.